The van der Waals surface area contributed by atoms with Gasteiger partial charge in [-0.05, 0) is 30.4 Å². The van der Waals surface area contributed by atoms with Crippen LogP contribution >= 0.6 is 0 Å². The summed E-state index contributed by atoms with van der Waals surface area (Å²) >= 11 is 0. The quantitative estimate of drug-likeness (QED) is 0.895. The largest absolute Gasteiger partial charge is 0.488 e. The smallest absolute Gasteiger partial charge is 0.223 e. The van der Waals surface area contributed by atoms with Crippen molar-refractivity contribution in [2.75, 3.05) is 6.61 Å². The van der Waals surface area contributed by atoms with Gasteiger partial charge >= 0.3 is 0 Å². The first-order valence-electron chi connectivity index (χ1n) is 8.05. The maximum atomic E-state index is 13.6. The highest BCUT2D eigenvalue weighted by Crippen LogP contribution is 2.27. The van der Waals surface area contributed by atoms with Crippen LogP contribution in [-0.4, -0.2) is 18.6 Å². The summed E-state index contributed by atoms with van der Waals surface area (Å²) in [5, 5.41) is 3.10. The molecular formula is C18H26FNO2. The minimum atomic E-state index is -0.378. The first-order valence-corrected chi connectivity index (χ1v) is 8.05. The summed E-state index contributed by atoms with van der Waals surface area (Å²) in [6.45, 7) is 6.43. The van der Waals surface area contributed by atoms with Gasteiger partial charge in [-0.2, -0.15) is 0 Å². The lowest BCUT2D eigenvalue weighted by Crippen LogP contribution is -2.49. The second-order valence-electron chi connectivity index (χ2n) is 7.15. The number of nitrogens with one attached hydrogen (secondary N) is 1. The molecule has 1 unspecified atom stereocenters. The second-order valence-corrected chi connectivity index (χ2v) is 7.15. The Hall–Kier alpha value is -1.58. The lowest BCUT2D eigenvalue weighted by atomic mass is 9.86. The first kappa shape index (κ1) is 16.8. The van der Waals surface area contributed by atoms with Crippen LogP contribution in [0.5, 0.6) is 5.75 Å². The fourth-order valence-electron chi connectivity index (χ4n) is 2.72. The SMILES string of the molecule is CC(C)(C)C(COc1ccccc1F)NC(=O)C1CCCC1. The van der Waals surface area contributed by atoms with E-state index < -0.39 is 0 Å². The number of halogens is 1. The molecule has 1 amide bonds. The molecule has 0 aliphatic heterocycles. The van der Waals surface area contributed by atoms with Crippen molar-refractivity contribution in [3.05, 3.63) is 30.1 Å². The van der Waals surface area contributed by atoms with Crippen molar-refractivity contribution in [1.29, 1.82) is 0 Å². The molecule has 1 saturated carbocycles. The Bertz CT molecular complexity index is 504. The Kier molecular flexibility index (Phi) is 5.43. The van der Waals surface area contributed by atoms with Gasteiger partial charge in [0.15, 0.2) is 11.6 Å². The standard InChI is InChI=1S/C18H26FNO2/c1-18(2,3)16(20-17(21)13-8-4-5-9-13)12-22-15-11-7-6-10-14(15)19/h6-7,10-11,13,16H,4-5,8-9,12H2,1-3H3,(H,20,21). The molecule has 1 aromatic carbocycles. The van der Waals surface area contributed by atoms with Crippen molar-refractivity contribution < 1.29 is 13.9 Å². The van der Waals surface area contributed by atoms with Crippen molar-refractivity contribution in [3.63, 3.8) is 0 Å². The summed E-state index contributed by atoms with van der Waals surface area (Å²) < 4.78 is 19.2. The molecule has 22 heavy (non-hydrogen) atoms. The number of amides is 1. The topological polar surface area (TPSA) is 38.3 Å². The van der Waals surface area contributed by atoms with E-state index in [9.17, 15) is 9.18 Å². The molecule has 1 aliphatic rings. The van der Waals surface area contributed by atoms with Crippen molar-refractivity contribution >= 4 is 5.91 Å². The van der Waals surface area contributed by atoms with Crippen LogP contribution in [0.1, 0.15) is 46.5 Å². The van der Waals surface area contributed by atoms with Gasteiger partial charge < -0.3 is 10.1 Å². The van der Waals surface area contributed by atoms with E-state index >= 15 is 0 Å². The molecular weight excluding hydrogens is 281 g/mol. The van der Waals surface area contributed by atoms with Crippen LogP contribution in [0.3, 0.4) is 0 Å². The summed E-state index contributed by atoms with van der Waals surface area (Å²) in [4.78, 5) is 12.3. The highest BCUT2D eigenvalue weighted by Gasteiger charge is 2.31. The van der Waals surface area contributed by atoms with E-state index in [1.54, 1.807) is 18.2 Å². The molecule has 122 valence electrons. The van der Waals surface area contributed by atoms with Crippen LogP contribution in [0.4, 0.5) is 4.39 Å². The minimum Gasteiger partial charge on any atom is -0.488 e. The summed E-state index contributed by atoms with van der Waals surface area (Å²) in [5.74, 6) is 0.0806. The van der Waals surface area contributed by atoms with Crippen LogP contribution < -0.4 is 10.1 Å². The first-order chi connectivity index (χ1) is 10.4. The Morgan fingerprint density at radius 1 is 1.32 bits per heavy atom. The fraction of sp³-hybridized carbons (Fsp3) is 0.611. The van der Waals surface area contributed by atoms with Gasteiger partial charge in [0.05, 0.1) is 6.04 Å². The van der Waals surface area contributed by atoms with Crippen molar-refractivity contribution in [1.82, 2.24) is 5.32 Å². The number of para-hydroxylation sites is 1. The van der Waals surface area contributed by atoms with Gasteiger partial charge in [-0.15, -0.1) is 0 Å². The van der Waals surface area contributed by atoms with E-state index in [4.69, 9.17) is 4.74 Å². The average Bonchev–Trinajstić information content (AvgIpc) is 2.97. The molecule has 2 rings (SSSR count). The Balaban J connectivity index is 1.97. The van der Waals surface area contributed by atoms with Crippen LogP contribution in [0, 0.1) is 17.2 Å². The zero-order chi connectivity index (χ0) is 16.2. The lowest BCUT2D eigenvalue weighted by molar-refractivity contribution is -0.126. The molecule has 0 saturated heterocycles. The third-order valence-electron chi connectivity index (χ3n) is 4.33. The molecule has 1 aliphatic carbocycles. The van der Waals surface area contributed by atoms with Crippen molar-refractivity contribution in [3.8, 4) is 5.75 Å². The molecule has 0 heterocycles. The number of benzene rings is 1. The van der Waals surface area contributed by atoms with Gasteiger partial charge in [0.25, 0.3) is 0 Å². The molecule has 0 aromatic heterocycles. The highest BCUT2D eigenvalue weighted by atomic mass is 19.1. The molecule has 0 spiro atoms. The molecule has 1 N–H and O–H groups in total. The second kappa shape index (κ2) is 7.12. The van der Waals surface area contributed by atoms with E-state index in [2.05, 4.69) is 26.1 Å². The maximum Gasteiger partial charge on any atom is 0.223 e. The van der Waals surface area contributed by atoms with E-state index in [-0.39, 0.29) is 41.5 Å². The van der Waals surface area contributed by atoms with E-state index in [1.807, 2.05) is 0 Å². The van der Waals surface area contributed by atoms with Gasteiger partial charge in [0, 0.05) is 5.92 Å². The van der Waals surface area contributed by atoms with Gasteiger partial charge in [-0.1, -0.05) is 45.7 Å². The molecule has 0 bridgehead atoms. The Morgan fingerprint density at radius 2 is 1.95 bits per heavy atom. The Labute approximate surface area is 132 Å². The van der Waals surface area contributed by atoms with Crippen LogP contribution in [-0.2, 0) is 4.79 Å². The van der Waals surface area contributed by atoms with E-state index in [0.29, 0.717) is 0 Å². The third kappa shape index (κ3) is 4.46. The van der Waals surface area contributed by atoms with Crippen molar-refractivity contribution in [2.45, 2.75) is 52.5 Å². The fourth-order valence-corrected chi connectivity index (χ4v) is 2.72. The lowest BCUT2D eigenvalue weighted by Gasteiger charge is -2.32. The van der Waals surface area contributed by atoms with E-state index in [0.717, 1.165) is 25.7 Å². The van der Waals surface area contributed by atoms with Gasteiger partial charge in [0.2, 0.25) is 5.91 Å². The molecule has 3 nitrogen and oxygen atoms in total. The number of ether oxygens (including phenoxy) is 1. The number of carbonyl (C=O) groups is 1. The monoisotopic (exact) mass is 307 g/mol. The van der Waals surface area contributed by atoms with Crippen LogP contribution in [0.15, 0.2) is 24.3 Å². The number of hydrogen-bond donors (Lipinski definition) is 1. The third-order valence-corrected chi connectivity index (χ3v) is 4.33. The maximum absolute atomic E-state index is 13.6. The van der Waals surface area contributed by atoms with Crippen LogP contribution in [0.25, 0.3) is 0 Å². The summed E-state index contributed by atoms with van der Waals surface area (Å²) in [6, 6.07) is 6.19. The molecule has 1 fully saturated rings. The average molecular weight is 307 g/mol. The zero-order valence-electron chi connectivity index (χ0n) is 13.7. The van der Waals surface area contributed by atoms with Gasteiger partial charge in [0.1, 0.15) is 6.61 Å². The number of rotatable bonds is 5. The summed E-state index contributed by atoms with van der Waals surface area (Å²) in [7, 11) is 0. The number of carbonyl (C=O) groups excluding carboxylic acids is 1. The van der Waals surface area contributed by atoms with Crippen molar-refractivity contribution in [2.24, 2.45) is 11.3 Å². The zero-order valence-corrected chi connectivity index (χ0v) is 13.7. The normalized spacial score (nSPS) is 17.3. The van der Waals surface area contributed by atoms with E-state index in [1.165, 1.54) is 6.07 Å². The summed E-state index contributed by atoms with van der Waals surface area (Å²) in [6.07, 6.45) is 4.20. The minimum absolute atomic E-state index is 0.106. The molecule has 4 heteroatoms. The Morgan fingerprint density at radius 3 is 2.55 bits per heavy atom. The molecule has 0 radical (unpaired) electrons. The van der Waals surface area contributed by atoms with Gasteiger partial charge in [-0.25, -0.2) is 4.39 Å². The highest BCUT2D eigenvalue weighted by molar-refractivity contribution is 5.79. The molecule has 1 atom stereocenters. The predicted octanol–water partition coefficient (Wildman–Crippen LogP) is 3.93. The molecule has 1 aromatic rings. The predicted molar refractivity (Wildman–Crippen MR) is 85.2 cm³/mol. The summed E-state index contributed by atoms with van der Waals surface area (Å²) in [5.41, 5.74) is -0.153. The number of hydrogen-bond acceptors (Lipinski definition) is 2. The van der Waals surface area contributed by atoms with Gasteiger partial charge in [-0.3, -0.25) is 4.79 Å². The van der Waals surface area contributed by atoms with Crippen LogP contribution in [0.2, 0.25) is 0 Å².